The van der Waals surface area contributed by atoms with Crippen molar-refractivity contribution >= 4 is 44.5 Å². The largest absolute Gasteiger partial charge is 0.352 e. The number of hydrogen-bond donors (Lipinski definition) is 1. The maximum Gasteiger partial charge on any atom is 0.251 e. The third-order valence-corrected chi connectivity index (χ3v) is 4.50. The van der Waals surface area contributed by atoms with Crippen molar-refractivity contribution in [3.8, 4) is 0 Å². The number of carbonyl (C=O) groups is 1. The number of nitrogens with one attached hydrogen (secondary N) is 1. The highest BCUT2D eigenvalue weighted by atomic mass is 79.9. The summed E-state index contributed by atoms with van der Waals surface area (Å²) in [6.07, 6.45) is 1.56. The number of para-hydroxylation sites is 2. The Bertz CT molecular complexity index is 951. The average Bonchev–Trinajstić information content (AvgIpc) is 2.95. The Kier molecular flexibility index (Phi) is 6.12. The molecule has 0 aliphatic carbocycles. The number of nitrogens with zero attached hydrogens (tertiary/aromatic N) is 2. The minimum Gasteiger partial charge on any atom is -0.352 e. The van der Waals surface area contributed by atoms with Crippen LogP contribution in [0.4, 0.5) is 0 Å². The van der Waals surface area contributed by atoms with Crippen molar-refractivity contribution in [3.05, 3.63) is 76.0 Å². The van der Waals surface area contributed by atoms with Crippen LogP contribution in [0.2, 0.25) is 5.02 Å². The zero-order valence-electron chi connectivity index (χ0n) is 14.2. The summed E-state index contributed by atoms with van der Waals surface area (Å²) in [7, 11) is 0. The number of rotatable bonds is 7. The SMILES string of the molecule is C=C(Br)Cn1c(CCCNC(=O)c2cccc(Cl)c2)nc2ccccc21. The van der Waals surface area contributed by atoms with Crippen molar-refractivity contribution < 1.29 is 4.79 Å². The first-order chi connectivity index (χ1) is 12.5. The lowest BCUT2D eigenvalue weighted by atomic mass is 10.2. The smallest absolute Gasteiger partial charge is 0.251 e. The third kappa shape index (κ3) is 4.54. The molecule has 0 bridgehead atoms. The number of amides is 1. The highest BCUT2D eigenvalue weighted by Gasteiger charge is 2.11. The van der Waals surface area contributed by atoms with Gasteiger partial charge in [0, 0.05) is 28.0 Å². The second-order valence-corrected chi connectivity index (χ2v) is 7.55. The van der Waals surface area contributed by atoms with E-state index in [4.69, 9.17) is 16.6 Å². The van der Waals surface area contributed by atoms with Gasteiger partial charge in [-0.3, -0.25) is 4.79 Å². The van der Waals surface area contributed by atoms with Crippen LogP contribution in [-0.2, 0) is 13.0 Å². The zero-order valence-corrected chi connectivity index (χ0v) is 16.6. The van der Waals surface area contributed by atoms with E-state index in [0.29, 0.717) is 23.7 Å². The number of halogens is 2. The molecule has 0 saturated carbocycles. The molecule has 0 aliphatic heterocycles. The van der Waals surface area contributed by atoms with Gasteiger partial charge in [0.2, 0.25) is 0 Å². The van der Waals surface area contributed by atoms with E-state index in [1.165, 1.54) is 0 Å². The summed E-state index contributed by atoms with van der Waals surface area (Å²) < 4.78 is 3.06. The Morgan fingerprint density at radius 1 is 1.23 bits per heavy atom. The molecule has 2 aromatic carbocycles. The number of hydrogen-bond acceptors (Lipinski definition) is 2. The van der Waals surface area contributed by atoms with Crippen molar-refractivity contribution in [1.82, 2.24) is 14.9 Å². The van der Waals surface area contributed by atoms with Gasteiger partial charge in [-0.15, -0.1) is 0 Å². The molecular weight excluding hydrogens is 414 g/mol. The topological polar surface area (TPSA) is 46.9 Å². The molecule has 0 fully saturated rings. The molecule has 1 amide bonds. The summed E-state index contributed by atoms with van der Waals surface area (Å²) in [6, 6.07) is 15.0. The Labute approximate surface area is 166 Å². The maximum absolute atomic E-state index is 12.2. The molecule has 6 heteroatoms. The van der Waals surface area contributed by atoms with E-state index in [0.717, 1.165) is 34.2 Å². The molecule has 134 valence electrons. The van der Waals surface area contributed by atoms with Gasteiger partial charge in [0.1, 0.15) is 5.82 Å². The van der Waals surface area contributed by atoms with E-state index in [1.807, 2.05) is 18.2 Å². The summed E-state index contributed by atoms with van der Waals surface area (Å²) in [5.41, 5.74) is 2.63. The predicted molar refractivity (Wildman–Crippen MR) is 110 cm³/mol. The lowest BCUT2D eigenvalue weighted by Gasteiger charge is -2.09. The number of allylic oxidation sites excluding steroid dienone is 1. The van der Waals surface area contributed by atoms with Crippen LogP contribution in [0.1, 0.15) is 22.6 Å². The quantitative estimate of drug-likeness (QED) is 0.536. The molecule has 4 nitrogen and oxygen atoms in total. The Morgan fingerprint density at radius 3 is 2.81 bits per heavy atom. The van der Waals surface area contributed by atoms with Gasteiger partial charge in [-0.2, -0.15) is 0 Å². The number of benzene rings is 2. The predicted octanol–water partition coefficient (Wildman–Crippen LogP) is 4.96. The van der Waals surface area contributed by atoms with Crippen LogP contribution in [0.15, 0.2) is 59.6 Å². The van der Waals surface area contributed by atoms with E-state index in [-0.39, 0.29) is 5.91 Å². The van der Waals surface area contributed by atoms with Crippen LogP contribution in [0.25, 0.3) is 11.0 Å². The van der Waals surface area contributed by atoms with Gasteiger partial charge >= 0.3 is 0 Å². The van der Waals surface area contributed by atoms with E-state index in [9.17, 15) is 4.79 Å². The number of aryl methyl sites for hydroxylation is 1. The second-order valence-electron chi connectivity index (χ2n) is 5.99. The number of aromatic nitrogens is 2. The van der Waals surface area contributed by atoms with Gasteiger partial charge in [-0.1, -0.05) is 52.3 Å². The van der Waals surface area contributed by atoms with Crippen LogP contribution in [-0.4, -0.2) is 22.0 Å². The fourth-order valence-electron chi connectivity index (χ4n) is 2.84. The lowest BCUT2D eigenvalue weighted by molar-refractivity contribution is 0.0953. The van der Waals surface area contributed by atoms with E-state index >= 15 is 0 Å². The average molecular weight is 433 g/mol. The number of fused-ring (bicyclic) bond motifs is 1. The minimum absolute atomic E-state index is 0.116. The minimum atomic E-state index is -0.116. The monoisotopic (exact) mass is 431 g/mol. The third-order valence-electron chi connectivity index (χ3n) is 4.01. The number of imidazole rings is 1. The molecule has 26 heavy (non-hydrogen) atoms. The van der Waals surface area contributed by atoms with Crippen molar-refractivity contribution in [2.45, 2.75) is 19.4 Å². The van der Waals surface area contributed by atoms with Gasteiger partial charge in [0.25, 0.3) is 5.91 Å². The molecule has 1 heterocycles. The molecular formula is C20H19BrClN3O. The van der Waals surface area contributed by atoms with Crippen molar-refractivity contribution in [1.29, 1.82) is 0 Å². The highest BCUT2D eigenvalue weighted by molar-refractivity contribution is 9.11. The Balaban J connectivity index is 1.63. The summed E-state index contributed by atoms with van der Waals surface area (Å²) in [5, 5.41) is 3.49. The molecule has 3 rings (SSSR count). The van der Waals surface area contributed by atoms with E-state index in [2.05, 4.69) is 38.5 Å². The summed E-state index contributed by atoms with van der Waals surface area (Å²) in [6.45, 7) is 5.18. The molecule has 0 saturated heterocycles. The molecule has 0 spiro atoms. The highest BCUT2D eigenvalue weighted by Crippen LogP contribution is 2.20. The zero-order chi connectivity index (χ0) is 18.5. The molecule has 1 N–H and O–H groups in total. The van der Waals surface area contributed by atoms with Gasteiger partial charge in [-0.25, -0.2) is 4.98 Å². The van der Waals surface area contributed by atoms with Crippen LogP contribution in [0.3, 0.4) is 0 Å². The van der Waals surface area contributed by atoms with E-state index in [1.54, 1.807) is 24.3 Å². The summed E-state index contributed by atoms with van der Waals surface area (Å²) in [4.78, 5) is 16.9. The van der Waals surface area contributed by atoms with Gasteiger partial charge in [0.15, 0.2) is 0 Å². The fraction of sp³-hybridized carbons (Fsp3) is 0.200. The van der Waals surface area contributed by atoms with Crippen molar-refractivity contribution in [2.24, 2.45) is 0 Å². The van der Waals surface area contributed by atoms with Gasteiger partial charge in [0.05, 0.1) is 17.6 Å². The fourth-order valence-corrected chi connectivity index (χ4v) is 3.29. The van der Waals surface area contributed by atoms with Gasteiger partial charge in [-0.05, 0) is 36.8 Å². The summed E-state index contributed by atoms with van der Waals surface area (Å²) >= 11 is 9.36. The molecule has 0 atom stereocenters. The second kappa shape index (κ2) is 8.52. The van der Waals surface area contributed by atoms with Crippen LogP contribution in [0, 0.1) is 0 Å². The normalized spacial score (nSPS) is 10.8. The molecule has 3 aromatic rings. The summed E-state index contributed by atoms with van der Waals surface area (Å²) in [5.74, 6) is 0.874. The first-order valence-electron chi connectivity index (χ1n) is 8.36. The van der Waals surface area contributed by atoms with Crippen molar-refractivity contribution in [2.75, 3.05) is 6.54 Å². The maximum atomic E-state index is 12.2. The lowest BCUT2D eigenvalue weighted by Crippen LogP contribution is -2.25. The first-order valence-corrected chi connectivity index (χ1v) is 9.53. The molecule has 0 unspecified atom stereocenters. The number of carbonyl (C=O) groups excluding carboxylic acids is 1. The molecule has 1 aromatic heterocycles. The van der Waals surface area contributed by atoms with Gasteiger partial charge < -0.3 is 9.88 Å². The first kappa shape index (κ1) is 18.7. The standard InChI is InChI=1S/C20H19BrClN3O/c1-14(21)13-25-18-9-3-2-8-17(18)24-19(25)10-5-11-23-20(26)15-6-4-7-16(22)12-15/h2-4,6-9,12H,1,5,10-11,13H2,(H,23,26). The Morgan fingerprint density at radius 2 is 2.04 bits per heavy atom. The van der Waals surface area contributed by atoms with Crippen molar-refractivity contribution in [3.63, 3.8) is 0 Å². The van der Waals surface area contributed by atoms with Crippen LogP contribution >= 0.6 is 27.5 Å². The van der Waals surface area contributed by atoms with Crippen LogP contribution in [0.5, 0.6) is 0 Å². The van der Waals surface area contributed by atoms with E-state index < -0.39 is 0 Å². The molecule has 0 aliphatic rings. The van der Waals surface area contributed by atoms with Crippen LogP contribution < -0.4 is 5.32 Å². The Hall–Kier alpha value is -2.11. The molecule has 0 radical (unpaired) electrons.